The van der Waals surface area contributed by atoms with Gasteiger partial charge in [-0.3, -0.25) is 4.79 Å². The summed E-state index contributed by atoms with van der Waals surface area (Å²) in [5.41, 5.74) is -2.12. The minimum Gasteiger partial charge on any atom is -0.345 e. The van der Waals surface area contributed by atoms with Gasteiger partial charge < -0.3 is 4.90 Å². The number of alkyl halides is 4. The van der Waals surface area contributed by atoms with E-state index in [1.807, 2.05) is 0 Å². The first kappa shape index (κ1) is 17.4. The number of nitrogens with zero attached hydrogens (tertiary/aromatic N) is 3. The fraction of sp³-hybridized carbons (Fsp3) is 0.412. The van der Waals surface area contributed by atoms with Gasteiger partial charge in [0.2, 0.25) is 5.91 Å². The lowest BCUT2D eigenvalue weighted by Crippen LogP contribution is -2.59. The van der Waals surface area contributed by atoms with Crippen LogP contribution in [0.25, 0.3) is 0 Å². The number of hydrogen-bond acceptors (Lipinski definition) is 2. The molecule has 3 rings (SSSR count). The average molecular weight is 355 g/mol. The molecule has 1 atom stereocenters. The zero-order chi connectivity index (χ0) is 18.3. The maximum Gasteiger partial charge on any atom is 0.407 e. The Balaban J connectivity index is 2.10. The molecule has 0 bridgehead atoms. The van der Waals surface area contributed by atoms with Gasteiger partial charge in [-0.1, -0.05) is 30.3 Å². The van der Waals surface area contributed by atoms with Gasteiger partial charge in [-0.15, -0.1) is 0 Å². The Morgan fingerprint density at radius 2 is 1.84 bits per heavy atom. The summed E-state index contributed by atoms with van der Waals surface area (Å²) in [4.78, 5) is 13.7. The van der Waals surface area contributed by atoms with Crippen LogP contribution in [0.15, 0.2) is 48.8 Å². The normalized spacial score (nSPS) is 21.8. The van der Waals surface area contributed by atoms with Crippen LogP contribution >= 0.6 is 0 Å². The number of aromatic nitrogens is 2. The van der Waals surface area contributed by atoms with E-state index in [0.717, 1.165) is 23.4 Å². The third-order valence-corrected chi connectivity index (χ3v) is 4.75. The van der Waals surface area contributed by atoms with Crippen molar-refractivity contribution in [3.8, 4) is 0 Å². The van der Waals surface area contributed by atoms with Crippen molar-refractivity contribution < 1.29 is 22.4 Å². The van der Waals surface area contributed by atoms with E-state index in [2.05, 4.69) is 5.10 Å². The number of carbonyl (C=O) groups is 1. The van der Waals surface area contributed by atoms with Crippen LogP contribution < -0.4 is 0 Å². The van der Waals surface area contributed by atoms with Crippen molar-refractivity contribution in [1.29, 1.82) is 0 Å². The van der Waals surface area contributed by atoms with Gasteiger partial charge in [0.25, 0.3) is 0 Å². The maximum absolute atomic E-state index is 15.2. The summed E-state index contributed by atoms with van der Waals surface area (Å²) < 4.78 is 59.6. The van der Waals surface area contributed by atoms with Crippen molar-refractivity contribution in [3.05, 3.63) is 54.4 Å². The number of likely N-dealkylation sites (tertiary alicyclic amines) is 1. The zero-order valence-corrected chi connectivity index (χ0v) is 13.5. The molecule has 8 heteroatoms. The molecule has 0 spiro atoms. The van der Waals surface area contributed by atoms with Crippen molar-refractivity contribution in [2.24, 2.45) is 5.41 Å². The molecule has 1 fully saturated rings. The van der Waals surface area contributed by atoms with Crippen LogP contribution in [0.5, 0.6) is 0 Å². The highest BCUT2D eigenvalue weighted by molar-refractivity contribution is 5.86. The lowest BCUT2D eigenvalue weighted by molar-refractivity contribution is -0.306. The second kappa shape index (κ2) is 5.86. The summed E-state index contributed by atoms with van der Waals surface area (Å²) in [6, 6.07) is 4.54. The second-order valence-electron chi connectivity index (χ2n) is 6.29. The number of benzene rings is 1. The largest absolute Gasteiger partial charge is 0.407 e. The van der Waals surface area contributed by atoms with Crippen LogP contribution in [-0.4, -0.2) is 40.1 Å². The van der Waals surface area contributed by atoms with E-state index in [0.29, 0.717) is 5.56 Å². The van der Waals surface area contributed by atoms with Crippen LogP contribution in [0, 0.1) is 5.41 Å². The molecule has 1 amide bonds. The standard InChI is InChI=1S/C17H17F4N3O/c1-23-11-8-15(14(23)25,12-13-6-3-2-4-7-13)16(18,19)17(20,21)24-10-5-9-22-24/h2-7,9-10H,8,11-12H2,1H3. The minimum atomic E-state index is -4.63. The molecule has 25 heavy (non-hydrogen) atoms. The van der Waals surface area contributed by atoms with Crippen LogP contribution in [0.1, 0.15) is 12.0 Å². The SMILES string of the molecule is CN1CCC(Cc2ccccc2)(C(F)(F)C(F)(F)n2cccn2)C1=O. The highest BCUT2D eigenvalue weighted by Gasteiger charge is 2.74. The van der Waals surface area contributed by atoms with E-state index in [1.54, 1.807) is 30.3 Å². The van der Waals surface area contributed by atoms with E-state index in [-0.39, 0.29) is 17.6 Å². The number of carbonyl (C=O) groups excluding carboxylic acids is 1. The molecule has 0 radical (unpaired) electrons. The quantitative estimate of drug-likeness (QED) is 0.773. The number of hydrogen-bond donors (Lipinski definition) is 0. The highest BCUT2D eigenvalue weighted by Crippen LogP contribution is 2.55. The minimum absolute atomic E-state index is 0.00353. The molecule has 1 aliphatic heterocycles. The second-order valence-corrected chi connectivity index (χ2v) is 6.29. The van der Waals surface area contributed by atoms with E-state index in [4.69, 9.17) is 0 Å². The summed E-state index contributed by atoms with van der Waals surface area (Å²) in [5, 5.41) is 3.27. The molecule has 134 valence electrons. The number of halogens is 4. The van der Waals surface area contributed by atoms with Gasteiger partial charge in [0.1, 0.15) is 5.41 Å². The fourth-order valence-corrected chi connectivity index (χ4v) is 3.31. The van der Waals surface area contributed by atoms with Gasteiger partial charge in [0.15, 0.2) is 0 Å². The fourth-order valence-electron chi connectivity index (χ4n) is 3.31. The molecule has 1 aliphatic rings. The number of rotatable bonds is 5. The summed E-state index contributed by atoms with van der Waals surface area (Å²) in [6.07, 6.45) is 0.936. The Morgan fingerprint density at radius 1 is 1.16 bits per heavy atom. The Labute approximate surface area is 142 Å². The first-order valence-electron chi connectivity index (χ1n) is 7.78. The highest BCUT2D eigenvalue weighted by atomic mass is 19.3. The van der Waals surface area contributed by atoms with Crippen molar-refractivity contribution >= 4 is 5.91 Å². The van der Waals surface area contributed by atoms with Crippen LogP contribution in [-0.2, 0) is 17.3 Å². The Kier molecular flexibility index (Phi) is 4.09. The molecular formula is C17H17F4N3O. The molecule has 2 heterocycles. The predicted octanol–water partition coefficient (Wildman–Crippen LogP) is 3.16. The molecule has 0 N–H and O–H groups in total. The third kappa shape index (κ3) is 2.51. The Morgan fingerprint density at radius 3 is 2.36 bits per heavy atom. The molecule has 0 aliphatic carbocycles. The van der Waals surface area contributed by atoms with Crippen molar-refractivity contribution in [2.45, 2.75) is 24.8 Å². The Bertz CT molecular complexity index is 749. The van der Waals surface area contributed by atoms with Crippen LogP contribution in [0.4, 0.5) is 17.6 Å². The van der Waals surface area contributed by atoms with Crippen LogP contribution in [0.2, 0.25) is 0 Å². The first-order valence-corrected chi connectivity index (χ1v) is 7.78. The monoisotopic (exact) mass is 355 g/mol. The summed E-state index contributed by atoms with van der Waals surface area (Å²) in [6.45, 7) is -0.00353. The molecule has 1 saturated heterocycles. The number of amides is 1. The molecule has 2 aromatic rings. The topological polar surface area (TPSA) is 38.1 Å². The third-order valence-electron chi connectivity index (χ3n) is 4.75. The Hall–Kier alpha value is -2.38. The van der Waals surface area contributed by atoms with Crippen molar-refractivity contribution in [3.63, 3.8) is 0 Å². The molecule has 1 aromatic carbocycles. The summed E-state index contributed by atoms with van der Waals surface area (Å²) in [7, 11) is 1.34. The van der Waals surface area contributed by atoms with Gasteiger partial charge >= 0.3 is 12.0 Å². The van der Waals surface area contributed by atoms with Gasteiger partial charge in [0, 0.05) is 26.0 Å². The molecule has 0 saturated carbocycles. The smallest absolute Gasteiger partial charge is 0.345 e. The lowest BCUT2D eigenvalue weighted by atomic mass is 9.73. The summed E-state index contributed by atoms with van der Waals surface area (Å²) in [5.74, 6) is -5.60. The molecular weight excluding hydrogens is 338 g/mol. The lowest BCUT2D eigenvalue weighted by Gasteiger charge is -2.39. The molecule has 1 unspecified atom stereocenters. The van der Waals surface area contributed by atoms with Gasteiger partial charge in [-0.25, -0.2) is 4.68 Å². The molecule has 1 aromatic heterocycles. The van der Waals surface area contributed by atoms with E-state index >= 15 is 8.78 Å². The molecule has 4 nitrogen and oxygen atoms in total. The zero-order valence-electron chi connectivity index (χ0n) is 13.5. The van der Waals surface area contributed by atoms with Crippen molar-refractivity contribution in [2.75, 3.05) is 13.6 Å². The van der Waals surface area contributed by atoms with E-state index in [1.165, 1.54) is 7.05 Å². The van der Waals surface area contributed by atoms with Gasteiger partial charge in [-0.2, -0.15) is 22.7 Å². The first-order chi connectivity index (χ1) is 11.7. The maximum atomic E-state index is 15.2. The van der Waals surface area contributed by atoms with Crippen molar-refractivity contribution in [1.82, 2.24) is 14.7 Å². The van der Waals surface area contributed by atoms with Gasteiger partial charge in [-0.05, 0) is 24.5 Å². The van der Waals surface area contributed by atoms with Gasteiger partial charge in [0.05, 0.1) is 0 Å². The average Bonchev–Trinajstić information content (AvgIpc) is 3.21. The van der Waals surface area contributed by atoms with E-state index in [9.17, 15) is 13.6 Å². The van der Waals surface area contributed by atoms with E-state index < -0.39 is 29.7 Å². The predicted molar refractivity (Wildman–Crippen MR) is 82.2 cm³/mol. The summed E-state index contributed by atoms with van der Waals surface area (Å²) >= 11 is 0. The van der Waals surface area contributed by atoms with Crippen LogP contribution in [0.3, 0.4) is 0 Å².